The van der Waals surface area contributed by atoms with Crippen molar-refractivity contribution in [1.29, 1.82) is 0 Å². The average Bonchev–Trinajstić information content (AvgIpc) is 3.41. The number of rotatable bonds is 6. The highest BCUT2D eigenvalue weighted by atomic mass is 16.6. The largest absolute Gasteiger partial charge is 0.480 e. The van der Waals surface area contributed by atoms with Crippen molar-refractivity contribution in [2.45, 2.75) is 39.8 Å². The zero-order valence-corrected chi connectivity index (χ0v) is 20.9. The maximum atomic E-state index is 12.5. The van der Waals surface area contributed by atoms with E-state index in [0.717, 1.165) is 11.3 Å². The lowest BCUT2D eigenvalue weighted by molar-refractivity contribution is -0.137. The molecule has 0 spiro atoms. The van der Waals surface area contributed by atoms with Gasteiger partial charge in [-0.15, -0.1) is 0 Å². The minimum Gasteiger partial charge on any atom is -0.480 e. The summed E-state index contributed by atoms with van der Waals surface area (Å²) in [6, 6.07) is 0. The Hall–Kier alpha value is -4.22. The molecule has 0 saturated carbocycles. The highest BCUT2D eigenvalue weighted by molar-refractivity contribution is 5.82. The molecule has 4 rings (SSSR count). The minimum atomic E-state index is -1.01. The van der Waals surface area contributed by atoms with Gasteiger partial charge in [0.1, 0.15) is 12.1 Å². The number of carbonyl (C=O) groups excluding carboxylic acids is 1. The predicted octanol–water partition coefficient (Wildman–Crippen LogP) is 2.83. The average molecular weight is 495 g/mol. The van der Waals surface area contributed by atoms with Crippen LogP contribution in [0.5, 0.6) is 0 Å². The number of carbonyl (C=O) groups is 2. The molecule has 36 heavy (non-hydrogen) atoms. The van der Waals surface area contributed by atoms with E-state index in [-0.39, 0.29) is 12.6 Å². The summed E-state index contributed by atoms with van der Waals surface area (Å²) in [4.78, 5) is 41.4. The van der Waals surface area contributed by atoms with Crippen molar-refractivity contribution in [1.82, 2.24) is 34.2 Å². The van der Waals surface area contributed by atoms with Crippen LogP contribution in [0.25, 0.3) is 29.1 Å². The van der Waals surface area contributed by atoms with E-state index in [9.17, 15) is 14.7 Å². The van der Waals surface area contributed by atoms with Gasteiger partial charge in [-0.1, -0.05) is 18.7 Å². The molecule has 1 aliphatic heterocycles. The summed E-state index contributed by atoms with van der Waals surface area (Å²) in [5.41, 5.74) is 1.82. The number of aliphatic carboxylic acids is 1. The first kappa shape index (κ1) is 24.9. The van der Waals surface area contributed by atoms with Crippen LogP contribution in [0, 0.1) is 0 Å². The first-order valence-corrected chi connectivity index (χ1v) is 11.6. The van der Waals surface area contributed by atoms with E-state index in [2.05, 4.69) is 21.6 Å². The highest BCUT2D eigenvalue weighted by Gasteiger charge is 2.28. The Morgan fingerprint density at radius 3 is 2.53 bits per heavy atom. The van der Waals surface area contributed by atoms with Crippen LogP contribution in [0.15, 0.2) is 25.2 Å². The number of piperazine rings is 1. The monoisotopic (exact) mass is 494 g/mol. The van der Waals surface area contributed by atoms with E-state index < -0.39 is 11.6 Å². The van der Waals surface area contributed by atoms with E-state index in [0.29, 0.717) is 49.1 Å². The fourth-order valence-electron chi connectivity index (χ4n) is 3.91. The fraction of sp³-hybridized carbons (Fsp3) is 0.417. The van der Waals surface area contributed by atoms with Gasteiger partial charge in [-0.3, -0.25) is 4.79 Å². The molecule has 3 aromatic rings. The Balaban J connectivity index is 1.73. The molecule has 1 aliphatic rings. The van der Waals surface area contributed by atoms with Crippen molar-refractivity contribution in [3.8, 4) is 5.82 Å². The number of amides is 1. The Morgan fingerprint density at radius 1 is 1.19 bits per heavy atom. The first-order chi connectivity index (χ1) is 17.1. The zero-order chi connectivity index (χ0) is 26.0. The number of imidazole rings is 1. The van der Waals surface area contributed by atoms with Crippen LogP contribution in [0.4, 0.5) is 10.7 Å². The molecule has 1 N–H and O–H groups in total. The van der Waals surface area contributed by atoms with Gasteiger partial charge in [0.15, 0.2) is 17.0 Å². The lowest BCUT2D eigenvalue weighted by Gasteiger charge is -2.35. The molecule has 12 heteroatoms. The normalized spacial score (nSPS) is 14.6. The number of ether oxygens (including phenoxy) is 1. The highest BCUT2D eigenvalue weighted by Crippen LogP contribution is 2.26. The lowest BCUT2D eigenvalue weighted by Crippen LogP contribution is -2.50. The third-order valence-corrected chi connectivity index (χ3v) is 5.53. The molecular formula is C24H30N8O4. The van der Waals surface area contributed by atoms with Crippen LogP contribution in [0.1, 0.15) is 39.0 Å². The number of anilines is 1. The van der Waals surface area contributed by atoms with Crippen LogP contribution >= 0.6 is 0 Å². The summed E-state index contributed by atoms with van der Waals surface area (Å²) < 4.78 is 8.61. The smallest absolute Gasteiger partial charge is 0.410 e. The summed E-state index contributed by atoms with van der Waals surface area (Å²) in [5.74, 6) is -0.185. The molecular weight excluding hydrogens is 464 g/mol. The van der Waals surface area contributed by atoms with Gasteiger partial charge in [-0.05, 0) is 33.8 Å². The van der Waals surface area contributed by atoms with Crippen molar-refractivity contribution in [2.75, 3.05) is 31.1 Å². The summed E-state index contributed by atoms with van der Waals surface area (Å²) >= 11 is 0. The van der Waals surface area contributed by atoms with Crippen LogP contribution in [-0.4, -0.2) is 83.1 Å². The number of nitrogens with zero attached hydrogens (tertiary/aromatic N) is 8. The molecule has 3 aromatic heterocycles. The Kier molecular flexibility index (Phi) is 6.77. The summed E-state index contributed by atoms with van der Waals surface area (Å²) in [6.07, 6.45) is 8.25. The summed E-state index contributed by atoms with van der Waals surface area (Å²) in [6.45, 7) is 12.8. The van der Waals surface area contributed by atoms with E-state index in [1.165, 1.54) is 10.9 Å². The Labute approximate surface area is 208 Å². The quantitative estimate of drug-likeness (QED) is 0.549. The molecule has 1 amide bonds. The second-order valence-electron chi connectivity index (χ2n) is 9.34. The van der Waals surface area contributed by atoms with Crippen LogP contribution in [0.2, 0.25) is 0 Å². The SMILES string of the molecule is C=Cc1cnn(-c2nc(N3CCN(C(=O)OC(C)(C)C)CC3)nc3c2ncn3CC(=O)O)c1/C=C\C. The van der Waals surface area contributed by atoms with Crippen molar-refractivity contribution in [2.24, 2.45) is 0 Å². The predicted molar refractivity (Wildman–Crippen MR) is 135 cm³/mol. The van der Waals surface area contributed by atoms with Gasteiger partial charge in [0, 0.05) is 31.7 Å². The number of carboxylic acids is 1. The van der Waals surface area contributed by atoms with Crippen LogP contribution in [0.3, 0.4) is 0 Å². The first-order valence-electron chi connectivity index (χ1n) is 11.6. The number of hydrogen-bond acceptors (Lipinski definition) is 8. The number of allylic oxidation sites excluding steroid dienone is 1. The van der Waals surface area contributed by atoms with Crippen LogP contribution in [-0.2, 0) is 16.1 Å². The van der Waals surface area contributed by atoms with Crippen molar-refractivity contribution in [3.63, 3.8) is 0 Å². The third kappa shape index (κ3) is 5.07. The van der Waals surface area contributed by atoms with Gasteiger partial charge in [0.25, 0.3) is 0 Å². The number of fused-ring (bicyclic) bond motifs is 1. The molecule has 0 unspecified atom stereocenters. The Bertz CT molecular complexity index is 1330. The maximum absolute atomic E-state index is 12.5. The van der Waals surface area contributed by atoms with E-state index >= 15 is 0 Å². The van der Waals surface area contributed by atoms with Gasteiger partial charge in [-0.2, -0.15) is 15.1 Å². The number of aromatic nitrogens is 6. The zero-order valence-electron chi connectivity index (χ0n) is 20.9. The summed E-state index contributed by atoms with van der Waals surface area (Å²) in [7, 11) is 0. The second-order valence-corrected chi connectivity index (χ2v) is 9.34. The lowest BCUT2D eigenvalue weighted by atomic mass is 10.2. The topological polar surface area (TPSA) is 132 Å². The molecule has 1 saturated heterocycles. The molecule has 12 nitrogen and oxygen atoms in total. The number of hydrogen-bond donors (Lipinski definition) is 1. The third-order valence-electron chi connectivity index (χ3n) is 5.53. The van der Waals surface area contributed by atoms with Gasteiger partial charge in [0.05, 0.1) is 18.2 Å². The van der Waals surface area contributed by atoms with E-state index in [4.69, 9.17) is 9.72 Å². The molecule has 190 valence electrons. The van der Waals surface area contributed by atoms with E-state index in [1.54, 1.807) is 21.9 Å². The van der Waals surface area contributed by atoms with Gasteiger partial charge in [0.2, 0.25) is 5.95 Å². The Morgan fingerprint density at radius 2 is 1.92 bits per heavy atom. The maximum Gasteiger partial charge on any atom is 0.410 e. The molecule has 0 bridgehead atoms. The van der Waals surface area contributed by atoms with Crippen molar-refractivity contribution in [3.05, 3.63) is 36.4 Å². The van der Waals surface area contributed by atoms with Gasteiger partial charge >= 0.3 is 12.1 Å². The molecule has 0 aliphatic carbocycles. The number of carboxylic acid groups (broad SMARTS) is 1. The molecule has 0 aromatic carbocycles. The second kappa shape index (κ2) is 9.80. The molecule has 0 atom stereocenters. The molecule has 1 fully saturated rings. The standard InChI is InChI=1S/C24H30N8O4/c1-6-8-17-16(7-2)13-26-32(17)21-19-20(31(15-25-19)14-18(33)34)27-22(28-21)29-9-11-30(12-10-29)23(35)36-24(3,4)5/h6-8,13,15H,2,9-12,14H2,1,3-5H3,(H,33,34)/b8-6-. The summed E-state index contributed by atoms with van der Waals surface area (Å²) in [5, 5.41) is 13.9. The van der Waals surface area contributed by atoms with Crippen LogP contribution < -0.4 is 4.90 Å². The van der Waals surface area contributed by atoms with Gasteiger partial charge in [-0.25, -0.2) is 14.5 Å². The van der Waals surface area contributed by atoms with Crippen molar-refractivity contribution < 1.29 is 19.4 Å². The van der Waals surface area contributed by atoms with Gasteiger partial charge < -0.3 is 24.2 Å². The van der Waals surface area contributed by atoms with Crippen molar-refractivity contribution >= 4 is 41.3 Å². The molecule has 4 heterocycles. The van der Waals surface area contributed by atoms with E-state index in [1.807, 2.05) is 44.7 Å². The molecule has 0 radical (unpaired) electrons. The minimum absolute atomic E-state index is 0.294. The fourth-order valence-corrected chi connectivity index (χ4v) is 3.91.